The summed E-state index contributed by atoms with van der Waals surface area (Å²) < 4.78 is 10.4. The Bertz CT molecular complexity index is 2010. The van der Waals surface area contributed by atoms with Crippen LogP contribution in [0.4, 0.5) is 0 Å². The molecule has 0 aliphatic carbocycles. The number of fused-ring (bicyclic) bond motifs is 3. The molecular weight excluding hydrogens is 698 g/mol. The number of aromatic nitrogens is 3. The van der Waals surface area contributed by atoms with Gasteiger partial charge in [-0.05, 0) is 34.6 Å². The minimum absolute atomic E-state index is 0. The second-order valence-electron chi connectivity index (χ2n) is 11.2. The molecule has 0 saturated carbocycles. The molecule has 4 aromatic carbocycles. The molecule has 42 heavy (non-hydrogen) atoms. The van der Waals surface area contributed by atoms with E-state index in [4.69, 9.17) is 9.72 Å². The summed E-state index contributed by atoms with van der Waals surface area (Å²) >= 11 is 0. The fraction of sp³-hybridized carbons (Fsp3) is 0.108. The van der Waals surface area contributed by atoms with Gasteiger partial charge in [0.15, 0.2) is 0 Å². The first-order chi connectivity index (χ1) is 19.9. The molecule has 0 N–H and O–H groups in total. The molecule has 5 heteroatoms. The zero-order valence-electron chi connectivity index (χ0n) is 23.5. The maximum atomic E-state index is 6.33. The van der Waals surface area contributed by atoms with Crippen LogP contribution in [-0.2, 0) is 26.5 Å². The van der Waals surface area contributed by atoms with Crippen LogP contribution in [0.25, 0.3) is 44.4 Å². The quantitative estimate of drug-likeness (QED) is 0.166. The summed E-state index contributed by atoms with van der Waals surface area (Å²) in [7, 11) is 0. The van der Waals surface area contributed by atoms with E-state index in [0.29, 0.717) is 11.5 Å². The third-order valence-electron chi connectivity index (χ3n) is 7.36. The summed E-state index contributed by atoms with van der Waals surface area (Å²) in [6.07, 6.45) is 7.25. The Kier molecular flexibility index (Phi) is 7.34. The maximum absolute atomic E-state index is 6.33. The summed E-state index contributed by atoms with van der Waals surface area (Å²) in [5, 5.41) is 2.25. The fourth-order valence-electron chi connectivity index (χ4n) is 5.21. The Balaban J connectivity index is 0.00000316. The van der Waals surface area contributed by atoms with E-state index in [1.165, 1.54) is 5.56 Å². The largest absolute Gasteiger partial charge is 0.510 e. The minimum Gasteiger partial charge on any atom is -0.510 e. The van der Waals surface area contributed by atoms with Gasteiger partial charge in [0.1, 0.15) is 5.82 Å². The molecule has 4 nitrogen and oxygen atoms in total. The maximum Gasteiger partial charge on any atom is 0.135 e. The molecular formula is C37H28N3OPt-3. The molecule has 3 aromatic heterocycles. The third kappa shape index (κ3) is 5.19. The van der Waals surface area contributed by atoms with Crippen LogP contribution < -0.4 is 4.74 Å². The summed E-state index contributed by atoms with van der Waals surface area (Å²) in [5.41, 5.74) is 6.34. The first kappa shape index (κ1) is 27.8. The van der Waals surface area contributed by atoms with Crippen molar-refractivity contribution < 1.29 is 25.8 Å². The zero-order chi connectivity index (χ0) is 28.0. The SMILES string of the molecule is CC(C)(C)c1ccnc(-n2c3[c-]c(Oc4[c-]c(-n5[c-]cc(-c6ccccc6)c5)ccc4)ccc3c3ccccc32)c1.[Pt]. The van der Waals surface area contributed by atoms with Gasteiger partial charge in [-0.1, -0.05) is 86.6 Å². The van der Waals surface area contributed by atoms with E-state index < -0.39 is 0 Å². The van der Waals surface area contributed by atoms with Crippen LogP contribution in [0.5, 0.6) is 11.5 Å². The monoisotopic (exact) mass is 725 g/mol. The molecule has 7 aromatic rings. The van der Waals surface area contributed by atoms with Crippen molar-refractivity contribution in [2.75, 3.05) is 0 Å². The number of nitrogens with zero attached hydrogens (tertiary/aromatic N) is 3. The van der Waals surface area contributed by atoms with Crippen LogP contribution in [-0.4, -0.2) is 14.1 Å². The number of para-hydroxylation sites is 1. The van der Waals surface area contributed by atoms with Gasteiger partial charge in [0, 0.05) is 44.3 Å². The minimum atomic E-state index is 0. The molecule has 0 saturated heterocycles. The van der Waals surface area contributed by atoms with E-state index in [1.807, 2.05) is 59.3 Å². The standard InChI is InChI=1S/C37H28N3O.Pt/c1-37(2,3)28-18-20-38-36(22-28)40-34-15-8-7-14-32(34)33-17-16-31(24-35(33)40)41-30-13-9-12-29(23-30)39-21-19-27(25-39)26-10-5-4-6-11-26;/h4-20,22,25H,1-3H3;/q-3;. The number of rotatable bonds is 5. The first-order valence-electron chi connectivity index (χ1n) is 13.7. The van der Waals surface area contributed by atoms with Crippen molar-refractivity contribution in [1.82, 2.24) is 14.1 Å². The number of hydrogen-bond acceptors (Lipinski definition) is 2. The van der Waals surface area contributed by atoms with Gasteiger partial charge < -0.3 is 13.9 Å². The van der Waals surface area contributed by atoms with Gasteiger partial charge in [-0.3, -0.25) is 0 Å². The summed E-state index contributed by atoms with van der Waals surface area (Å²) in [4.78, 5) is 4.77. The van der Waals surface area contributed by atoms with Gasteiger partial charge in [-0.15, -0.1) is 41.4 Å². The number of ether oxygens (including phenoxy) is 1. The van der Waals surface area contributed by atoms with E-state index >= 15 is 0 Å². The number of hydrogen-bond donors (Lipinski definition) is 0. The van der Waals surface area contributed by atoms with Gasteiger partial charge in [0.05, 0.1) is 0 Å². The topological polar surface area (TPSA) is 32.0 Å². The second kappa shape index (κ2) is 11.1. The van der Waals surface area contributed by atoms with Crippen molar-refractivity contribution in [2.45, 2.75) is 26.2 Å². The van der Waals surface area contributed by atoms with Crippen LogP contribution in [0.15, 0.2) is 116 Å². The Labute approximate surface area is 260 Å². The van der Waals surface area contributed by atoms with Crippen molar-refractivity contribution in [3.8, 4) is 34.1 Å². The van der Waals surface area contributed by atoms with Gasteiger partial charge in [-0.25, -0.2) is 4.98 Å². The van der Waals surface area contributed by atoms with Gasteiger partial charge >= 0.3 is 0 Å². The second-order valence-corrected chi connectivity index (χ2v) is 11.2. The number of pyridine rings is 1. The summed E-state index contributed by atoms with van der Waals surface area (Å²) in [6.45, 7) is 6.65. The first-order valence-corrected chi connectivity index (χ1v) is 13.7. The molecule has 0 unspecified atom stereocenters. The normalized spacial score (nSPS) is 11.5. The molecule has 3 heterocycles. The van der Waals surface area contributed by atoms with Gasteiger partial charge in [0.25, 0.3) is 0 Å². The molecule has 0 bridgehead atoms. The van der Waals surface area contributed by atoms with E-state index in [9.17, 15) is 0 Å². The molecule has 7 rings (SSSR count). The van der Waals surface area contributed by atoms with Gasteiger partial charge in [0.2, 0.25) is 0 Å². The molecule has 0 amide bonds. The number of benzene rings is 4. The smallest absolute Gasteiger partial charge is 0.135 e. The van der Waals surface area contributed by atoms with Crippen LogP contribution in [0, 0.1) is 18.3 Å². The predicted molar refractivity (Wildman–Crippen MR) is 165 cm³/mol. The van der Waals surface area contributed by atoms with Crippen molar-refractivity contribution in [1.29, 1.82) is 0 Å². The molecule has 0 atom stereocenters. The van der Waals surface area contributed by atoms with E-state index in [1.54, 1.807) is 0 Å². The van der Waals surface area contributed by atoms with Crippen molar-refractivity contribution >= 4 is 21.8 Å². The van der Waals surface area contributed by atoms with Crippen molar-refractivity contribution in [3.05, 3.63) is 139 Å². The van der Waals surface area contributed by atoms with E-state index in [-0.39, 0.29) is 26.5 Å². The van der Waals surface area contributed by atoms with Crippen LogP contribution in [0.3, 0.4) is 0 Å². The summed E-state index contributed by atoms with van der Waals surface area (Å²) in [6, 6.07) is 41.8. The van der Waals surface area contributed by atoms with Gasteiger partial charge in [-0.2, -0.15) is 30.0 Å². The molecule has 0 aliphatic heterocycles. The van der Waals surface area contributed by atoms with Crippen LogP contribution >= 0.6 is 0 Å². The average molecular weight is 726 g/mol. The zero-order valence-corrected chi connectivity index (χ0v) is 25.8. The Morgan fingerprint density at radius 3 is 2.36 bits per heavy atom. The Hall–Kier alpha value is -4.40. The van der Waals surface area contributed by atoms with Crippen LogP contribution in [0.1, 0.15) is 26.3 Å². The molecule has 0 aliphatic rings. The van der Waals surface area contributed by atoms with Crippen LogP contribution in [0.2, 0.25) is 0 Å². The molecule has 210 valence electrons. The fourth-order valence-corrected chi connectivity index (χ4v) is 5.21. The predicted octanol–water partition coefficient (Wildman–Crippen LogP) is 9.12. The summed E-state index contributed by atoms with van der Waals surface area (Å²) in [5.74, 6) is 2.09. The molecule has 0 radical (unpaired) electrons. The van der Waals surface area contributed by atoms with Crippen molar-refractivity contribution in [3.63, 3.8) is 0 Å². The van der Waals surface area contributed by atoms with Crippen molar-refractivity contribution in [2.24, 2.45) is 0 Å². The third-order valence-corrected chi connectivity index (χ3v) is 7.36. The van der Waals surface area contributed by atoms with E-state index in [0.717, 1.165) is 44.4 Å². The Morgan fingerprint density at radius 2 is 1.52 bits per heavy atom. The van der Waals surface area contributed by atoms with E-state index in [2.05, 4.69) is 104 Å². The molecule has 0 spiro atoms. The Morgan fingerprint density at radius 1 is 0.738 bits per heavy atom. The molecule has 0 fully saturated rings. The average Bonchev–Trinajstić information content (AvgIpc) is 3.61.